The third kappa shape index (κ3) is 4.22. The van der Waals surface area contributed by atoms with Gasteiger partial charge in [-0.3, -0.25) is 14.8 Å². The van der Waals surface area contributed by atoms with Crippen molar-refractivity contribution in [2.75, 3.05) is 39.8 Å². The van der Waals surface area contributed by atoms with Crippen LogP contribution in [0.4, 0.5) is 4.39 Å². The van der Waals surface area contributed by atoms with E-state index in [2.05, 4.69) is 21.5 Å². The highest BCUT2D eigenvalue weighted by molar-refractivity contribution is 5.74. The minimum Gasteiger partial charge on any atom is -0.467 e. The Morgan fingerprint density at radius 2 is 2.10 bits per heavy atom. The Hall–Kier alpha value is -1.53. The normalized spacial score (nSPS) is 20.0. The van der Waals surface area contributed by atoms with Gasteiger partial charge in [0.05, 0.1) is 12.8 Å². The minimum atomic E-state index is -1.56. The summed E-state index contributed by atoms with van der Waals surface area (Å²) in [5.74, 6) is -0.792. The lowest BCUT2D eigenvalue weighted by molar-refractivity contribution is -0.147. The quantitative estimate of drug-likeness (QED) is 0.766. The second kappa shape index (κ2) is 7.47. The van der Waals surface area contributed by atoms with Gasteiger partial charge >= 0.3 is 5.97 Å². The van der Waals surface area contributed by atoms with E-state index in [-0.39, 0.29) is 12.6 Å². The zero-order chi connectivity index (χ0) is 15.2. The fourth-order valence-electron chi connectivity index (χ4n) is 2.57. The van der Waals surface area contributed by atoms with Crippen molar-refractivity contribution in [3.8, 4) is 0 Å². The number of ether oxygens (including phenoxy) is 1. The van der Waals surface area contributed by atoms with Crippen molar-refractivity contribution in [1.29, 1.82) is 0 Å². The molecule has 0 bridgehead atoms. The number of alkyl halides is 1. The number of methoxy groups -OCH3 is 1. The molecule has 1 aromatic rings. The first-order valence-electron chi connectivity index (χ1n) is 7.21. The van der Waals surface area contributed by atoms with Crippen LogP contribution >= 0.6 is 0 Å². The van der Waals surface area contributed by atoms with Crippen molar-refractivity contribution in [3.05, 3.63) is 30.1 Å². The molecule has 1 aliphatic rings. The average Bonchev–Trinajstić information content (AvgIpc) is 2.55. The highest BCUT2D eigenvalue weighted by Crippen LogP contribution is 2.19. The molecule has 0 radical (unpaired) electrons. The number of carbonyl (C=O) groups is 1. The summed E-state index contributed by atoms with van der Waals surface area (Å²) < 4.78 is 18.0. The smallest absolute Gasteiger partial charge is 0.341 e. The van der Waals surface area contributed by atoms with Crippen LogP contribution in [0.2, 0.25) is 0 Å². The Kier molecular flexibility index (Phi) is 5.64. The van der Waals surface area contributed by atoms with Crippen LogP contribution in [-0.2, 0) is 9.53 Å². The number of nitrogens with zero attached hydrogens (tertiary/aromatic N) is 3. The molecular weight excluding hydrogens is 273 g/mol. The van der Waals surface area contributed by atoms with Gasteiger partial charge in [0.2, 0.25) is 6.17 Å². The van der Waals surface area contributed by atoms with Crippen LogP contribution in [0.15, 0.2) is 24.4 Å². The second-order valence-electron chi connectivity index (χ2n) is 5.26. The van der Waals surface area contributed by atoms with Gasteiger partial charge in [-0.1, -0.05) is 6.07 Å². The standard InChI is InChI=1S/C15H22FN3O2/c1-12(14-5-3-4-6-17-14)19-9-7-18(8-10-19)11-13(16)15(20)21-2/h3-6,12-13H,7-11H2,1-2H3. The molecular formula is C15H22FN3O2. The molecule has 0 spiro atoms. The van der Waals surface area contributed by atoms with Crippen LogP contribution in [-0.4, -0.2) is 66.8 Å². The third-order valence-electron chi connectivity index (χ3n) is 3.95. The van der Waals surface area contributed by atoms with Crippen LogP contribution in [0.5, 0.6) is 0 Å². The molecule has 5 nitrogen and oxygen atoms in total. The van der Waals surface area contributed by atoms with Crippen molar-refractivity contribution in [3.63, 3.8) is 0 Å². The van der Waals surface area contributed by atoms with Crippen LogP contribution < -0.4 is 0 Å². The lowest BCUT2D eigenvalue weighted by atomic mass is 10.1. The summed E-state index contributed by atoms with van der Waals surface area (Å²) in [4.78, 5) is 19.8. The molecule has 0 aliphatic carbocycles. The van der Waals surface area contributed by atoms with E-state index in [9.17, 15) is 9.18 Å². The molecule has 1 aromatic heterocycles. The van der Waals surface area contributed by atoms with E-state index in [0.29, 0.717) is 0 Å². The predicted molar refractivity (Wildman–Crippen MR) is 77.6 cm³/mol. The Morgan fingerprint density at radius 3 is 2.67 bits per heavy atom. The summed E-state index contributed by atoms with van der Waals surface area (Å²) in [6, 6.07) is 6.16. The summed E-state index contributed by atoms with van der Waals surface area (Å²) in [6.45, 7) is 5.41. The number of esters is 1. The zero-order valence-electron chi connectivity index (χ0n) is 12.5. The number of hydrogen-bond donors (Lipinski definition) is 0. The molecule has 1 fully saturated rings. The predicted octanol–water partition coefficient (Wildman–Crippen LogP) is 1.27. The van der Waals surface area contributed by atoms with E-state index >= 15 is 0 Å². The number of halogens is 1. The summed E-state index contributed by atoms with van der Waals surface area (Å²) in [5, 5.41) is 0. The van der Waals surface area contributed by atoms with E-state index in [1.807, 2.05) is 23.1 Å². The number of rotatable bonds is 5. The van der Waals surface area contributed by atoms with Gasteiger partial charge in [0, 0.05) is 45.0 Å². The summed E-state index contributed by atoms with van der Waals surface area (Å²) in [7, 11) is 1.21. The highest BCUT2D eigenvalue weighted by atomic mass is 19.1. The first-order valence-corrected chi connectivity index (χ1v) is 7.21. The van der Waals surface area contributed by atoms with Gasteiger partial charge in [0.1, 0.15) is 0 Å². The van der Waals surface area contributed by atoms with Crippen molar-refractivity contribution < 1.29 is 13.9 Å². The Balaban J connectivity index is 1.82. The molecule has 116 valence electrons. The SMILES string of the molecule is COC(=O)C(F)CN1CCN(C(C)c2ccccn2)CC1. The number of pyridine rings is 1. The van der Waals surface area contributed by atoms with E-state index < -0.39 is 12.1 Å². The third-order valence-corrected chi connectivity index (χ3v) is 3.95. The summed E-state index contributed by atoms with van der Waals surface area (Å²) in [5.41, 5.74) is 1.05. The average molecular weight is 295 g/mol. The van der Waals surface area contributed by atoms with E-state index in [4.69, 9.17) is 0 Å². The van der Waals surface area contributed by atoms with E-state index in [1.165, 1.54) is 7.11 Å². The van der Waals surface area contributed by atoms with Crippen LogP contribution in [0, 0.1) is 0 Å². The van der Waals surface area contributed by atoms with Crippen molar-refractivity contribution >= 4 is 5.97 Å². The van der Waals surface area contributed by atoms with Crippen molar-refractivity contribution in [2.45, 2.75) is 19.1 Å². The number of aromatic nitrogens is 1. The number of hydrogen-bond acceptors (Lipinski definition) is 5. The van der Waals surface area contributed by atoms with Gasteiger partial charge < -0.3 is 4.74 Å². The van der Waals surface area contributed by atoms with Crippen molar-refractivity contribution in [2.24, 2.45) is 0 Å². The summed E-state index contributed by atoms with van der Waals surface area (Å²) in [6.07, 6.45) is 0.237. The molecule has 0 N–H and O–H groups in total. The van der Waals surface area contributed by atoms with E-state index in [1.54, 1.807) is 6.20 Å². The summed E-state index contributed by atoms with van der Waals surface area (Å²) >= 11 is 0. The van der Waals surface area contributed by atoms with Gasteiger partial charge in [0.15, 0.2) is 0 Å². The zero-order valence-corrected chi connectivity index (χ0v) is 12.5. The lowest BCUT2D eigenvalue weighted by Crippen LogP contribution is -2.49. The maximum atomic E-state index is 13.6. The topological polar surface area (TPSA) is 45.7 Å². The van der Waals surface area contributed by atoms with Gasteiger partial charge in [-0.2, -0.15) is 0 Å². The number of piperazine rings is 1. The fraction of sp³-hybridized carbons (Fsp3) is 0.600. The Labute approximate surface area is 124 Å². The van der Waals surface area contributed by atoms with Crippen LogP contribution in [0.3, 0.4) is 0 Å². The van der Waals surface area contributed by atoms with Gasteiger partial charge in [0.25, 0.3) is 0 Å². The molecule has 1 aliphatic heterocycles. The van der Waals surface area contributed by atoms with Gasteiger partial charge in [-0.25, -0.2) is 9.18 Å². The van der Waals surface area contributed by atoms with E-state index in [0.717, 1.165) is 31.9 Å². The first-order chi connectivity index (χ1) is 10.1. The largest absolute Gasteiger partial charge is 0.467 e. The minimum absolute atomic E-state index is 0.110. The maximum Gasteiger partial charge on any atom is 0.341 e. The molecule has 0 amide bonds. The first kappa shape index (κ1) is 15.9. The molecule has 6 heteroatoms. The molecule has 2 unspecified atom stereocenters. The van der Waals surface area contributed by atoms with Crippen LogP contribution in [0.25, 0.3) is 0 Å². The molecule has 0 saturated carbocycles. The molecule has 1 saturated heterocycles. The van der Waals surface area contributed by atoms with Gasteiger partial charge in [-0.15, -0.1) is 0 Å². The van der Waals surface area contributed by atoms with Gasteiger partial charge in [-0.05, 0) is 19.1 Å². The van der Waals surface area contributed by atoms with Crippen molar-refractivity contribution in [1.82, 2.24) is 14.8 Å². The van der Waals surface area contributed by atoms with Crippen LogP contribution in [0.1, 0.15) is 18.7 Å². The lowest BCUT2D eigenvalue weighted by Gasteiger charge is -2.38. The Bertz CT molecular complexity index is 449. The monoisotopic (exact) mass is 295 g/mol. The molecule has 0 aromatic carbocycles. The molecule has 2 rings (SSSR count). The highest BCUT2D eigenvalue weighted by Gasteiger charge is 2.26. The molecule has 21 heavy (non-hydrogen) atoms. The number of carbonyl (C=O) groups excluding carboxylic acids is 1. The Morgan fingerprint density at radius 1 is 1.38 bits per heavy atom. The maximum absolute atomic E-state index is 13.6. The fourth-order valence-corrected chi connectivity index (χ4v) is 2.57. The molecule has 2 atom stereocenters. The molecule has 2 heterocycles. The second-order valence-corrected chi connectivity index (χ2v) is 5.26.